The molecule has 4 heteroatoms. The molecular weight excluding hydrogens is 204 g/mol. The molecule has 1 aromatic carbocycles. The Kier molecular flexibility index (Phi) is 4.79. The van der Waals surface area contributed by atoms with E-state index >= 15 is 0 Å². The van der Waals surface area contributed by atoms with E-state index in [4.69, 9.17) is 10.5 Å². The molecule has 0 fully saturated rings. The van der Waals surface area contributed by atoms with E-state index in [2.05, 4.69) is 5.32 Å². The molecule has 0 saturated carbocycles. The molecule has 3 N–H and O–H groups in total. The van der Waals surface area contributed by atoms with E-state index in [1.54, 1.807) is 31.4 Å². The van der Waals surface area contributed by atoms with Crippen LogP contribution in [0.2, 0.25) is 0 Å². The van der Waals surface area contributed by atoms with Crippen LogP contribution < -0.4 is 15.8 Å². The van der Waals surface area contributed by atoms with Crippen LogP contribution in [0.3, 0.4) is 0 Å². The second kappa shape index (κ2) is 6.12. The number of hydrogen-bond acceptors (Lipinski definition) is 3. The number of rotatable bonds is 5. The van der Waals surface area contributed by atoms with Gasteiger partial charge in [-0.2, -0.15) is 0 Å². The monoisotopic (exact) mass is 222 g/mol. The van der Waals surface area contributed by atoms with Crippen molar-refractivity contribution in [1.82, 2.24) is 5.32 Å². The molecule has 0 aliphatic rings. The van der Waals surface area contributed by atoms with Crippen molar-refractivity contribution in [2.45, 2.75) is 19.4 Å². The van der Waals surface area contributed by atoms with Crippen LogP contribution in [0.1, 0.15) is 23.7 Å². The number of amides is 1. The van der Waals surface area contributed by atoms with Crippen LogP contribution in [0.25, 0.3) is 0 Å². The van der Waals surface area contributed by atoms with Crippen molar-refractivity contribution in [3.05, 3.63) is 29.8 Å². The van der Waals surface area contributed by atoms with Crippen molar-refractivity contribution in [2.24, 2.45) is 5.73 Å². The Labute approximate surface area is 95.8 Å². The molecule has 0 heterocycles. The Morgan fingerprint density at radius 3 is 2.88 bits per heavy atom. The number of carbonyl (C=O) groups excluding carboxylic acids is 1. The highest BCUT2D eigenvalue weighted by molar-refractivity contribution is 5.94. The number of hydrogen-bond donors (Lipinski definition) is 2. The van der Waals surface area contributed by atoms with Crippen LogP contribution >= 0.6 is 0 Å². The van der Waals surface area contributed by atoms with Gasteiger partial charge in [-0.05, 0) is 24.6 Å². The largest absolute Gasteiger partial charge is 0.497 e. The van der Waals surface area contributed by atoms with Crippen LogP contribution in [0.5, 0.6) is 5.75 Å². The van der Waals surface area contributed by atoms with Crippen molar-refractivity contribution in [1.29, 1.82) is 0 Å². The fourth-order valence-corrected chi connectivity index (χ4v) is 1.36. The zero-order valence-electron chi connectivity index (χ0n) is 9.69. The minimum absolute atomic E-state index is 0.0266. The Bertz CT molecular complexity index is 349. The van der Waals surface area contributed by atoms with Gasteiger partial charge in [0.2, 0.25) is 0 Å². The van der Waals surface area contributed by atoms with Crippen LogP contribution in [0, 0.1) is 0 Å². The molecule has 0 aliphatic heterocycles. The predicted octanol–water partition coefficient (Wildman–Crippen LogP) is 1.16. The van der Waals surface area contributed by atoms with E-state index in [0.29, 0.717) is 17.9 Å². The Morgan fingerprint density at radius 1 is 1.56 bits per heavy atom. The first kappa shape index (κ1) is 12.5. The molecular formula is C12H18N2O2. The molecule has 1 amide bonds. The maximum absolute atomic E-state index is 11.8. The summed E-state index contributed by atoms with van der Waals surface area (Å²) in [6, 6.07) is 7.08. The third-order valence-electron chi connectivity index (χ3n) is 2.44. The van der Waals surface area contributed by atoms with Gasteiger partial charge in [-0.25, -0.2) is 0 Å². The van der Waals surface area contributed by atoms with E-state index in [9.17, 15) is 4.79 Å². The van der Waals surface area contributed by atoms with E-state index in [0.717, 1.165) is 6.42 Å². The van der Waals surface area contributed by atoms with E-state index in [1.165, 1.54) is 0 Å². The highest BCUT2D eigenvalue weighted by atomic mass is 16.5. The maximum Gasteiger partial charge on any atom is 0.251 e. The predicted molar refractivity (Wildman–Crippen MR) is 63.6 cm³/mol. The lowest BCUT2D eigenvalue weighted by molar-refractivity contribution is 0.0937. The van der Waals surface area contributed by atoms with Gasteiger partial charge in [-0.1, -0.05) is 13.0 Å². The van der Waals surface area contributed by atoms with Crippen LogP contribution in [-0.2, 0) is 0 Å². The summed E-state index contributed by atoms with van der Waals surface area (Å²) < 4.78 is 5.06. The third-order valence-corrected chi connectivity index (χ3v) is 2.44. The van der Waals surface area contributed by atoms with Gasteiger partial charge >= 0.3 is 0 Å². The lowest BCUT2D eigenvalue weighted by Crippen LogP contribution is -2.39. The van der Waals surface area contributed by atoms with Crippen molar-refractivity contribution in [2.75, 3.05) is 13.7 Å². The van der Waals surface area contributed by atoms with Gasteiger partial charge in [0.1, 0.15) is 5.75 Å². The summed E-state index contributed by atoms with van der Waals surface area (Å²) in [5.74, 6) is 0.560. The number of benzene rings is 1. The summed E-state index contributed by atoms with van der Waals surface area (Å²) in [5.41, 5.74) is 6.12. The Morgan fingerprint density at radius 2 is 2.31 bits per heavy atom. The number of ether oxygens (including phenoxy) is 1. The topological polar surface area (TPSA) is 64.3 Å². The summed E-state index contributed by atoms with van der Waals surface area (Å²) in [7, 11) is 1.58. The van der Waals surface area contributed by atoms with Crippen molar-refractivity contribution in [3.8, 4) is 5.75 Å². The molecule has 0 bridgehead atoms. The van der Waals surface area contributed by atoms with Gasteiger partial charge in [0.15, 0.2) is 0 Å². The van der Waals surface area contributed by atoms with Gasteiger partial charge in [0, 0.05) is 18.2 Å². The molecule has 0 spiro atoms. The summed E-state index contributed by atoms with van der Waals surface area (Å²) >= 11 is 0. The zero-order valence-corrected chi connectivity index (χ0v) is 9.69. The summed E-state index contributed by atoms with van der Waals surface area (Å²) in [4.78, 5) is 11.8. The average Bonchev–Trinajstić information content (AvgIpc) is 2.35. The number of nitrogens with one attached hydrogen (secondary N) is 1. The van der Waals surface area contributed by atoms with Crippen LogP contribution in [-0.4, -0.2) is 25.6 Å². The molecule has 1 aromatic rings. The second-order valence-corrected chi connectivity index (χ2v) is 3.55. The molecule has 1 atom stereocenters. The smallest absolute Gasteiger partial charge is 0.251 e. The first-order valence-corrected chi connectivity index (χ1v) is 5.36. The summed E-state index contributed by atoms with van der Waals surface area (Å²) in [6.45, 7) is 2.44. The molecule has 1 rings (SSSR count). The molecule has 0 saturated heterocycles. The Balaban J connectivity index is 2.72. The van der Waals surface area contributed by atoms with Crippen molar-refractivity contribution < 1.29 is 9.53 Å². The second-order valence-electron chi connectivity index (χ2n) is 3.55. The van der Waals surface area contributed by atoms with Gasteiger partial charge in [0.25, 0.3) is 5.91 Å². The normalized spacial score (nSPS) is 11.9. The molecule has 0 aliphatic carbocycles. The van der Waals surface area contributed by atoms with Gasteiger partial charge < -0.3 is 15.8 Å². The number of carbonyl (C=O) groups is 1. The molecule has 88 valence electrons. The lowest BCUT2D eigenvalue weighted by atomic mass is 10.1. The number of nitrogens with two attached hydrogens (primary N) is 1. The quantitative estimate of drug-likeness (QED) is 0.785. The van der Waals surface area contributed by atoms with Gasteiger partial charge in [-0.3, -0.25) is 4.79 Å². The Hall–Kier alpha value is -1.55. The average molecular weight is 222 g/mol. The molecule has 16 heavy (non-hydrogen) atoms. The highest BCUT2D eigenvalue weighted by Crippen LogP contribution is 2.12. The van der Waals surface area contributed by atoms with Crippen molar-refractivity contribution in [3.63, 3.8) is 0 Å². The summed E-state index contributed by atoms with van der Waals surface area (Å²) in [5, 5.41) is 2.86. The fourth-order valence-electron chi connectivity index (χ4n) is 1.36. The van der Waals surface area contributed by atoms with E-state index in [-0.39, 0.29) is 11.9 Å². The van der Waals surface area contributed by atoms with E-state index in [1.807, 2.05) is 6.92 Å². The minimum Gasteiger partial charge on any atom is -0.497 e. The first-order chi connectivity index (χ1) is 7.71. The first-order valence-electron chi connectivity index (χ1n) is 5.36. The van der Waals surface area contributed by atoms with Crippen molar-refractivity contribution >= 4 is 5.91 Å². The third kappa shape index (κ3) is 3.24. The minimum atomic E-state index is -0.115. The van der Waals surface area contributed by atoms with Gasteiger partial charge in [-0.15, -0.1) is 0 Å². The fraction of sp³-hybridized carbons (Fsp3) is 0.417. The lowest BCUT2D eigenvalue weighted by Gasteiger charge is -2.14. The van der Waals surface area contributed by atoms with Crippen LogP contribution in [0.15, 0.2) is 24.3 Å². The maximum atomic E-state index is 11.8. The van der Waals surface area contributed by atoms with E-state index < -0.39 is 0 Å². The highest BCUT2D eigenvalue weighted by Gasteiger charge is 2.10. The molecule has 4 nitrogen and oxygen atoms in total. The standard InChI is InChI=1S/C12H18N2O2/c1-3-10(8-13)14-12(15)9-5-4-6-11(7-9)16-2/h4-7,10H,3,8,13H2,1-2H3,(H,14,15). The summed E-state index contributed by atoms with van der Waals surface area (Å²) in [6.07, 6.45) is 0.826. The SMILES string of the molecule is CCC(CN)NC(=O)c1cccc(OC)c1. The molecule has 0 aromatic heterocycles. The van der Waals surface area contributed by atoms with Crippen LogP contribution in [0.4, 0.5) is 0 Å². The van der Waals surface area contributed by atoms with Gasteiger partial charge in [0.05, 0.1) is 7.11 Å². The number of methoxy groups -OCH3 is 1. The zero-order chi connectivity index (χ0) is 12.0. The molecule has 0 radical (unpaired) electrons. The molecule has 1 unspecified atom stereocenters.